The Balaban J connectivity index is 2.49. The topological polar surface area (TPSA) is 70.1 Å². The first-order valence-electron chi connectivity index (χ1n) is 5.48. The van der Waals surface area contributed by atoms with Crippen molar-refractivity contribution in [2.75, 3.05) is 12.3 Å². The molecular formula is C10H12F3N3O2. The fourth-order valence-corrected chi connectivity index (χ4v) is 1.67. The number of esters is 1. The third-order valence-electron chi connectivity index (χ3n) is 2.59. The minimum absolute atomic E-state index is 0.0215. The van der Waals surface area contributed by atoms with Crippen LogP contribution in [-0.2, 0) is 10.9 Å². The molecule has 0 atom stereocenters. The van der Waals surface area contributed by atoms with Crippen LogP contribution in [0.4, 0.5) is 19.0 Å². The number of nitrogens with zero attached hydrogens (tertiary/aromatic N) is 2. The number of aromatic nitrogens is 2. The molecule has 0 aliphatic heterocycles. The highest BCUT2D eigenvalue weighted by Gasteiger charge is 2.44. The monoisotopic (exact) mass is 263 g/mol. The molecular weight excluding hydrogens is 251 g/mol. The van der Waals surface area contributed by atoms with Crippen LogP contribution in [0.5, 0.6) is 0 Å². The summed E-state index contributed by atoms with van der Waals surface area (Å²) >= 11 is 0. The highest BCUT2D eigenvalue weighted by molar-refractivity contribution is 5.90. The molecule has 8 heteroatoms. The zero-order valence-corrected chi connectivity index (χ0v) is 9.62. The second-order valence-corrected chi connectivity index (χ2v) is 4.00. The molecule has 18 heavy (non-hydrogen) atoms. The van der Waals surface area contributed by atoms with Gasteiger partial charge in [-0.15, -0.1) is 0 Å². The molecule has 0 unspecified atom stereocenters. The molecule has 1 aliphatic rings. The Morgan fingerprint density at radius 3 is 2.61 bits per heavy atom. The molecule has 1 aliphatic carbocycles. The van der Waals surface area contributed by atoms with Gasteiger partial charge >= 0.3 is 12.1 Å². The molecule has 1 fully saturated rings. The lowest BCUT2D eigenvalue weighted by Crippen LogP contribution is -2.15. The van der Waals surface area contributed by atoms with Crippen LogP contribution in [0.2, 0.25) is 0 Å². The average Bonchev–Trinajstić information content (AvgIpc) is 3.01. The highest BCUT2D eigenvalue weighted by Crippen LogP contribution is 2.42. The molecule has 100 valence electrons. The van der Waals surface area contributed by atoms with Crippen molar-refractivity contribution in [1.82, 2.24) is 9.78 Å². The summed E-state index contributed by atoms with van der Waals surface area (Å²) in [5.41, 5.74) is 3.48. The molecule has 1 saturated carbocycles. The lowest BCUT2D eigenvalue weighted by molar-refractivity contribution is -0.137. The molecule has 1 aromatic rings. The number of nitrogens with two attached hydrogens (primary N) is 1. The van der Waals surface area contributed by atoms with Crippen LogP contribution in [0.15, 0.2) is 0 Å². The smallest absolute Gasteiger partial charge is 0.422 e. The number of rotatable bonds is 3. The molecule has 0 spiro atoms. The predicted octanol–water partition coefficient (Wildman–Crippen LogP) is 2.00. The number of hydrogen-bond donors (Lipinski definition) is 1. The van der Waals surface area contributed by atoms with E-state index in [1.165, 1.54) is 6.92 Å². The maximum absolute atomic E-state index is 12.9. The Morgan fingerprint density at radius 1 is 1.56 bits per heavy atom. The van der Waals surface area contributed by atoms with Crippen molar-refractivity contribution in [1.29, 1.82) is 0 Å². The lowest BCUT2D eigenvalue weighted by atomic mass is 10.2. The van der Waals surface area contributed by atoms with E-state index in [1.54, 1.807) is 0 Å². The summed E-state index contributed by atoms with van der Waals surface area (Å²) in [5.74, 6) is -1.62. The van der Waals surface area contributed by atoms with Gasteiger partial charge < -0.3 is 10.5 Å². The van der Waals surface area contributed by atoms with Gasteiger partial charge in [0.2, 0.25) is 0 Å². The molecule has 0 saturated heterocycles. The van der Waals surface area contributed by atoms with E-state index in [2.05, 4.69) is 9.84 Å². The fraction of sp³-hybridized carbons (Fsp3) is 0.600. The van der Waals surface area contributed by atoms with Gasteiger partial charge in [-0.2, -0.15) is 18.3 Å². The van der Waals surface area contributed by atoms with Crippen molar-refractivity contribution in [2.24, 2.45) is 0 Å². The molecule has 1 aromatic heterocycles. The van der Waals surface area contributed by atoms with Gasteiger partial charge in [-0.1, -0.05) is 0 Å². The number of carbonyl (C=O) groups is 1. The fourth-order valence-electron chi connectivity index (χ4n) is 1.67. The number of hydrogen-bond acceptors (Lipinski definition) is 4. The van der Waals surface area contributed by atoms with E-state index in [9.17, 15) is 18.0 Å². The van der Waals surface area contributed by atoms with Crippen LogP contribution in [0, 0.1) is 0 Å². The van der Waals surface area contributed by atoms with Crippen LogP contribution in [0.3, 0.4) is 0 Å². The number of ether oxygens (including phenoxy) is 1. The first-order chi connectivity index (χ1) is 8.36. The van der Waals surface area contributed by atoms with Gasteiger partial charge in [0.15, 0.2) is 5.69 Å². The summed E-state index contributed by atoms with van der Waals surface area (Å²) in [4.78, 5) is 11.5. The Morgan fingerprint density at radius 2 is 2.17 bits per heavy atom. The minimum atomic E-state index is -4.72. The molecule has 0 bridgehead atoms. The molecule has 0 aromatic carbocycles. The average molecular weight is 263 g/mol. The van der Waals surface area contributed by atoms with E-state index in [-0.39, 0.29) is 12.6 Å². The number of halogens is 3. The van der Waals surface area contributed by atoms with Crippen molar-refractivity contribution < 1.29 is 22.7 Å². The van der Waals surface area contributed by atoms with E-state index in [0.717, 1.165) is 4.68 Å². The van der Waals surface area contributed by atoms with Gasteiger partial charge in [0.1, 0.15) is 11.4 Å². The predicted molar refractivity (Wildman–Crippen MR) is 55.9 cm³/mol. The largest absolute Gasteiger partial charge is 0.461 e. The maximum atomic E-state index is 12.9. The Labute approximate surface area is 101 Å². The van der Waals surface area contributed by atoms with E-state index >= 15 is 0 Å². The standard InChI is InChI=1S/C10H12F3N3O2/c1-2-18-9(17)7-6(10(11,12)13)8(14)16(15-7)5-3-4-5/h5H,2-4,14H2,1H3. The zero-order valence-electron chi connectivity index (χ0n) is 9.62. The SMILES string of the molecule is CCOC(=O)c1nn(C2CC2)c(N)c1C(F)(F)F. The van der Waals surface area contributed by atoms with Crippen molar-refractivity contribution in [3.8, 4) is 0 Å². The molecule has 1 heterocycles. The summed E-state index contributed by atoms with van der Waals surface area (Å²) in [6.07, 6.45) is -3.30. The number of alkyl halides is 3. The number of carbonyl (C=O) groups excluding carboxylic acids is 1. The van der Waals surface area contributed by atoms with Crippen molar-refractivity contribution in [3.05, 3.63) is 11.3 Å². The first kappa shape index (κ1) is 12.7. The summed E-state index contributed by atoms with van der Waals surface area (Å²) in [7, 11) is 0. The third kappa shape index (κ3) is 2.14. The molecule has 2 N–H and O–H groups in total. The summed E-state index contributed by atoms with van der Waals surface area (Å²) in [5, 5.41) is 3.65. The van der Waals surface area contributed by atoms with E-state index in [4.69, 9.17) is 5.73 Å². The minimum Gasteiger partial charge on any atom is -0.461 e. The van der Waals surface area contributed by atoms with Gasteiger partial charge in [-0.05, 0) is 19.8 Å². The third-order valence-corrected chi connectivity index (χ3v) is 2.59. The Hall–Kier alpha value is -1.73. The second-order valence-electron chi connectivity index (χ2n) is 4.00. The first-order valence-corrected chi connectivity index (χ1v) is 5.48. The summed E-state index contributed by atoms with van der Waals surface area (Å²) < 4.78 is 44.2. The van der Waals surface area contributed by atoms with Crippen molar-refractivity contribution in [3.63, 3.8) is 0 Å². The number of nitrogen functional groups attached to an aromatic ring is 1. The van der Waals surface area contributed by atoms with Crippen LogP contribution < -0.4 is 5.73 Å². The zero-order chi connectivity index (χ0) is 13.5. The van der Waals surface area contributed by atoms with E-state index < -0.39 is 29.2 Å². The Kier molecular flexibility index (Phi) is 2.95. The van der Waals surface area contributed by atoms with Gasteiger partial charge in [-0.25, -0.2) is 9.48 Å². The van der Waals surface area contributed by atoms with Gasteiger partial charge in [0.05, 0.1) is 12.6 Å². The molecule has 5 nitrogen and oxygen atoms in total. The van der Waals surface area contributed by atoms with Crippen molar-refractivity contribution in [2.45, 2.75) is 32.0 Å². The maximum Gasteiger partial charge on any atom is 0.422 e. The lowest BCUT2D eigenvalue weighted by Gasteiger charge is -2.07. The van der Waals surface area contributed by atoms with E-state index in [1.807, 2.05) is 0 Å². The summed E-state index contributed by atoms with van der Waals surface area (Å²) in [6, 6.07) is -0.144. The molecule has 0 radical (unpaired) electrons. The van der Waals surface area contributed by atoms with Gasteiger partial charge in [0, 0.05) is 0 Å². The quantitative estimate of drug-likeness (QED) is 0.847. The van der Waals surface area contributed by atoms with Crippen LogP contribution in [-0.4, -0.2) is 22.4 Å². The highest BCUT2D eigenvalue weighted by atomic mass is 19.4. The Bertz CT molecular complexity index is 477. The van der Waals surface area contributed by atoms with Crippen molar-refractivity contribution >= 4 is 11.8 Å². The van der Waals surface area contributed by atoms with Crippen LogP contribution in [0.25, 0.3) is 0 Å². The van der Waals surface area contributed by atoms with Gasteiger partial charge in [0.25, 0.3) is 0 Å². The number of anilines is 1. The normalized spacial score (nSPS) is 15.8. The molecule has 2 rings (SSSR count). The second kappa shape index (κ2) is 4.18. The van der Waals surface area contributed by atoms with Crippen LogP contribution >= 0.6 is 0 Å². The summed E-state index contributed by atoms with van der Waals surface area (Å²) in [6.45, 7) is 1.48. The van der Waals surface area contributed by atoms with Crippen LogP contribution in [0.1, 0.15) is 41.9 Å². The molecule has 0 amide bonds. The van der Waals surface area contributed by atoms with Gasteiger partial charge in [-0.3, -0.25) is 0 Å². The van der Waals surface area contributed by atoms with E-state index in [0.29, 0.717) is 12.8 Å².